The molecule has 0 amide bonds. The summed E-state index contributed by atoms with van der Waals surface area (Å²) in [6.45, 7) is 0. The van der Waals surface area contributed by atoms with E-state index in [1.165, 1.54) is 17.9 Å². The van der Waals surface area contributed by atoms with Gasteiger partial charge >= 0.3 is 0 Å². The highest BCUT2D eigenvalue weighted by Crippen LogP contribution is 1.96. The van der Waals surface area contributed by atoms with Crippen LogP contribution < -0.4 is 11.5 Å². The highest BCUT2D eigenvalue weighted by atomic mass is 32.1. The number of aliphatic imine (C=N–C) groups is 1. The van der Waals surface area contributed by atoms with Crippen molar-refractivity contribution in [1.29, 1.82) is 0 Å². The van der Waals surface area contributed by atoms with Crippen LogP contribution in [0.25, 0.3) is 0 Å². The Bertz CT molecular complexity index is 281. The molecule has 14 heavy (non-hydrogen) atoms. The van der Waals surface area contributed by atoms with Gasteiger partial charge in [-0.15, -0.1) is 0 Å². The first-order valence-corrected chi connectivity index (χ1v) is 4.72. The van der Waals surface area contributed by atoms with Crippen molar-refractivity contribution >= 4 is 40.3 Å². The maximum atomic E-state index is 5.12. The molecule has 4 N–H and O–H groups in total. The van der Waals surface area contributed by atoms with Crippen molar-refractivity contribution in [3.63, 3.8) is 0 Å². The molecule has 8 heteroatoms. The Balaban J connectivity index is 0.000000249. The second kappa shape index (κ2) is 7.15. The molecule has 6 nitrogen and oxygen atoms in total. The first kappa shape index (κ1) is 12.7. The minimum atomic E-state index is 0.165. The summed E-state index contributed by atoms with van der Waals surface area (Å²) in [5.74, 6) is 0. The molecule has 1 heterocycles. The third-order valence-electron chi connectivity index (χ3n) is 0.794. The van der Waals surface area contributed by atoms with E-state index < -0.39 is 0 Å². The van der Waals surface area contributed by atoms with Gasteiger partial charge in [0.1, 0.15) is 6.33 Å². The van der Waals surface area contributed by atoms with E-state index in [0.29, 0.717) is 5.13 Å². The Hall–Kier alpha value is -1.28. The molecule has 1 rings (SSSR count). The van der Waals surface area contributed by atoms with E-state index in [2.05, 4.69) is 26.6 Å². The summed E-state index contributed by atoms with van der Waals surface area (Å²) in [5.41, 5.74) is 10.2. The topological polar surface area (TPSA) is 93.4 Å². The number of hydrogen-bond acceptors (Lipinski definition) is 5. The standard InChI is InChI=1S/C4H9N3S.C2H3N3S/c1-7(2)3-6-4(5)8;3-2-4-1-5-6-2/h3H,1-2H3,(H2,5,8);1H,(H2,3,4,5). The van der Waals surface area contributed by atoms with Gasteiger partial charge in [-0.1, -0.05) is 0 Å². The van der Waals surface area contributed by atoms with Crippen LogP contribution in [0.5, 0.6) is 0 Å². The molecule has 0 atom stereocenters. The van der Waals surface area contributed by atoms with Crippen molar-refractivity contribution in [3.8, 4) is 0 Å². The molecule has 0 saturated heterocycles. The van der Waals surface area contributed by atoms with Crippen molar-refractivity contribution in [1.82, 2.24) is 14.3 Å². The zero-order valence-electron chi connectivity index (χ0n) is 7.91. The summed E-state index contributed by atoms with van der Waals surface area (Å²) in [7, 11) is 3.70. The van der Waals surface area contributed by atoms with Crippen LogP contribution in [-0.2, 0) is 0 Å². The second-order valence-corrected chi connectivity index (χ2v) is 3.56. The number of rotatable bonds is 1. The SMILES string of the molecule is CN(C)C=NC(N)=S.Nc1ncns1. The van der Waals surface area contributed by atoms with E-state index in [4.69, 9.17) is 11.5 Å². The molecule has 0 unspecified atom stereocenters. The van der Waals surface area contributed by atoms with Crippen LogP contribution in [0.1, 0.15) is 0 Å². The Morgan fingerprint density at radius 3 is 2.50 bits per heavy atom. The molecule has 0 fully saturated rings. The molecule has 78 valence electrons. The monoisotopic (exact) mass is 232 g/mol. The molecule has 0 aromatic carbocycles. The molecule has 0 radical (unpaired) electrons. The minimum absolute atomic E-state index is 0.165. The maximum absolute atomic E-state index is 5.12. The smallest absolute Gasteiger partial charge is 0.199 e. The van der Waals surface area contributed by atoms with E-state index in [9.17, 15) is 0 Å². The molecular formula is C6H12N6S2. The third-order valence-corrected chi connectivity index (χ3v) is 1.39. The van der Waals surface area contributed by atoms with Gasteiger partial charge in [0.25, 0.3) is 0 Å². The zero-order chi connectivity index (χ0) is 11.0. The largest absolute Gasteiger partial charge is 0.374 e. The average Bonchev–Trinajstić information content (AvgIpc) is 2.53. The van der Waals surface area contributed by atoms with Crippen LogP contribution in [0.3, 0.4) is 0 Å². The minimum Gasteiger partial charge on any atom is -0.374 e. The number of nitrogens with two attached hydrogens (primary N) is 2. The van der Waals surface area contributed by atoms with Crippen LogP contribution in [0.15, 0.2) is 11.3 Å². The van der Waals surface area contributed by atoms with Gasteiger partial charge in [-0.25, -0.2) is 9.98 Å². The van der Waals surface area contributed by atoms with Gasteiger partial charge in [-0.3, -0.25) is 0 Å². The zero-order valence-corrected chi connectivity index (χ0v) is 9.55. The van der Waals surface area contributed by atoms with E-state index in [0.717, 1.165) is 0 Å². The molecule has 0 spiro atoms. The van der Waals surface area contributed by atoms with Crippen molar-refractivity contribution in [2.75, 3.05) is 19.8 Å². The van der Waals surface area contributed by atoms with Gasteiger partial charge in [0.2, 0.25) is 0 Å². The first-order valence-electron chi connectivity index (χ1n) is 3.54. The van der Waals surface area contributed by atoms with E-state index in [1.54, 1.807) is 11.2 Å². The van der Waals surface area contributed by atoms with Crippen molar-refractivity contribution in [2.24, 2.45) is 10.7 Å². The fraction of sp³-hybridized carbons (Fsp3) is 0.333. The summed E-state index contributed by atoms with van der Waals surface area (Å²) in [4.78, 5) is 9.00. The summed E-state index contributed by atoms with van der Waals surface area (Å²) in [6, 6.07) is 0. The lowest BCUT2D eigenvalue weighted by atomic mass is 10.9. The summed E-state index contributed by atoms with van der Waals surface area (Å²) in [6.07, 6.45) is 2.99. The number of hydrogen-bond donors (Lipinski definition) is 2. The van der Waals surface area contributed by atoms with E-state index >= 15 is 0 Å². The predicted octanol–water partition coefficient (Wildman–Crippen LogP) is -0.0598. The molecule has 0 saturated carbocycles. The van der Waals surface area contributed by atoms with Gasteiger partial charge in [0.15, 0.2) is 10.2 Å². The van der Waals surface area contributed by atoms with Crippen molar-refractivity contribution in [3.05, 3.63) is 6.33 Å². The Kier molecular flexibility index (Phi) is 6.50. The lowest BCUT2D eigenvalue weighted by molar-refractivity contribution is 0.644. The normalized spacial score (nSPS) is 9.29. The van der Waals surface area contributed by atoms with Crippen molar-refractivity contribution in [2.45, 2.75) is 0 Å². The van der Waals surface area contributed by atoms with Gasteiger partial charge in [0.05, 0.1) is 6.34 Å². The van der Waals surface area contributed by atoms with Crippen LogP contribution in [0.2, 0.25) is 0 Å². The summed E-state index contributed by atoms with van der Waals surface area (Å²) in [5, 5.41) is 0.689. The molecule has 0 aliphatic carbocycles. The Labute approximate surface area is 91.8 Å². The quantitative estimate of drug-likeness (QED) is 0.400. The average molecular weight is 232 g/mol. The number of thiocarbonyl (C=S) groups is 1. The third kappa shape index (κ3) is 8.81. The fourth-order valence-electron chi connectivity index (χ4n) is 0.354. The van der Waals surface area contributed by atoms with Gasteiger partial charge in [-0.2, -0.15) is 4.37 Å². The maximum Gasteiger partial charge on any atom is 0.199 e. The number of aromatic nitrogens is 2. The molecular weight excluding hydrogens is 220 g/mol. The van der Waals surface area contributed by atoms with Crippen LogP contribution in [-0.4, -0.2) is 39.8 Å². The second-order valence-electron chi connectivity index (χ2n) is 2.33. The number of anilines is 1. The highest BCUT2D eigenvalue weighted by Gasteiger charge is 1.78. The highest BCUT2D eigenvalue weighted by molar-refractivity contribution is 7.80. The molecule has 0 aliphatic heterocycles. The molecule has 0 aliphatic rings. The van der Waals surface area contributed by atoms with Gasteiger partial charge in [-0.05, 0) is 12.2 Å². The van der Waals surface area contributed by atoms with Crippen LogP contribution >= 0.6 is 23.8 Å². The number of nitrogens with zero attached hydrogens (tertiary/aromatic N) is 4. The van der Waals surface area contributed by atoms with Crippen molar-refractivity contribution < 1.29 is 0 Å². The fourth-order valence-corrected chi connectivity index (χ4v) is 0.698. The molecule has 1 aromatic rings. The van der Waals surface area contributed by atoms with Gasteiger partial charge < -0.3 is 16.4 Å². The summed E-state index contributed by atoms with van der Waals surface area (Å²) >= 11 is 5.66. The van der Waals surface area contributed by atoms with Crippen LogP contribution in [0.4, 0.5) is 5.13 Å². The van der Waals surface area contributed by atoms with E-state index in [1.807, 2.05) is 14.1 Å². The lowest BCUT2D eigenvalue weighted by Gasteiger charge is -1.99. The summed E-state index contributed by atoms with van der Waals surface area (Å²) < 4.78 is 3.63. The van der Waals surface area contributed by atoms with Crippen LogP contribution in [0, 0.1) is 0 Å². The predicted molar refractivity (Wildman–Crippen MR) is 63.3 cm³/mol. The van der Waals surface area contributed by atoms with Gasteiger partial charge in [0, 0.05) is 25.6 Å². The number of nitrogen functional groups attached to an aromatic ring is 1. The first-order chi connectivity index (χ1) is 6.52. The lowest BCUT2D eigenvalue weighted by Crippen LogP contribution is -2.12. The molecule has 0 bridgehead atoms. The Morgan fingerprint density at radius 2 is 2.36 bits per heavy atom. The van der Waals surface area contributed by atoms with E-state index in [-0.39, 0.29) is 5.11 Å². The Morgan fingerprint density at radius 1 is 1.71 bits per heavy atom. The molecule has 1 aromatic heterocycles.